The average Bonchev–Trinajstić information content (AvgIpc) is 3.50. The van der Waals surface area contributed by atoms with E-state index in [1.807, 2.05) is 13.0 Å². The Morgan fingerprint density at radius 3 is 2.28 bits per heavy atom. The lowest BCUT2D eigenvalue weighted by Crippen LogP contribution is -2.24. The molecule has 2 aliphatic rings. The van der Waals surface area contributed by atoms with Gasteiger partial charge in [-0.15, -0.1) is 0 Å². The molecule has 9 heteroatoms. The van der Waals surface area contributed by atoms with Gasteiger partial charge in [0.25, 0.3) is 0 Å². The van der Waals surface area contributed by atoms with Crippen molar-refractivity contribution in [2.75, 3.05) is 25.0 Å². The van der Waals surface area contributed by atoms with Gasteiger partial charge in [0.1, 0.15) is 22.8 Å². The first kappa shape index (κ1) is 27.5. The van der Waals surface area contributed by atoms with Crippen LogP contribution in [0.2, 0.25) is 0 Å². The Hall–Kier alpha value is -4.31. The summed E-state index contributed by atoms with van der Waals surface area (Å²) in [4.78, 5) is 11.5. The van der Waals surface area contributed by atoms with E-state index in [1.165, 1.54) is 24.0 Å². The minimum absolute atomic E-state index is 0.109. The number of nitrogens with one attached hydrogen (secondary N) is 1. The molecular weight excluding hydrogens is 560 g/mol. The Bertz CT molecular complexity index is 1870. The maximum Gasteiger partial charge on any atom is 0.339 e. The number of benzene rings is 4. The molecule has 5 aromatic rings. The number of hydrogen-bond acceptors (Lipinski definition) is 8. The molecule has 0 bridgehead atoms. The molecule has 43 heavy (non-hydrogen) atoms. The van der Waals surface area contributed by atoms with Crippen molar-refractivity contribution in [2.24, 2.45) is 17.8 Å². The molecule has 1 aromatic heterocycles. The summed E-state index contributed by atoms with van der Waals surface area (Å²) in [5.41, 5.74) is 5.99. The monoisotopic (exact) mass is 592 g/mol. The number of aromatic nitrogens is 2. The second-order valence-corrected chi connectivity index (χ2v) is 13.1. The highest BCUT2D eigenvalue weighted by Gasteiger charge is 2.54. The summed E-state index contributed by atoms with van der Waals surface area (Å²) in [6.07, 6.45) is 1.52. The van der Waals surface area contributed by atoms with Crippen molar-refractivity contribution in [3.63, 3.8) is 0 Å². The van der Waals surface area contributed by atoms with Crippen LogP contribution in [0.5, 0.6) is 5.75 Å². The van der Waals surface area contributed by atoms with Gasteiger partial charge in [-0.1, -0.05) is 48.0 Å². The molecule has 0 radical (unpaired) electrons. The third kappa shape index (κ3) is 5.71. The molecule has 0 spiro atoms. The first-order chi connectivity index (χ1) is 20.9. The second kappa shape index (κ2) is 11.1. The van der Waals surface area contributed by atoms with Crippen molar-refractivity contribution in [3.05, 3.63) is 108 Å². The summed E-state index contributed by atoms with van der Waals surface area (Å²) in [6, 6.07) is 28.1. The Morgan fingerprint density at radius 1 is 0.884 bits per heavy atom. The Morgan fingerprint density at radius 2 is 1.58 bits per heavy atom. The van der Waals surface area contributed by atoms with Crippen LogP contribution in [-0.2, 0) is 16.7 Å². The number of likely N-dealkylation sites (tertiary alicyclic amines) is 1. The molecule has 2 fully saturated rings. The van der Waals surface area contributed by atoms with Crippen molar-refractivity contribution in [1.29, 1.82) is 0 Å². The summed E-state index contributed by atoms with van der Waals surface area (Å²) in [6.45, 7) is 5.33. The first-order valence-corrected chi connectivity index (χ1v) is 15.8. The number of aliphatic hydroxyl groups is 1. The predicted octanol–water partition coefficient (Wildman–Crippen LogP) is 5.79. The van der Waals surface area contributed by atoms with E-state index in [-0.39, 0.29) is 10.6 Å². The topological polar surface area (TPSA) is 105 Å². The van der Waals surface area contributed by atoms with Crippen LogP contribution in [0.25, 0.3) is 22.0 Å². The van der Waals surface area contributed by atoms with E-state index in [0.29, 0.717) is 30.2 Å². The Kier molecular flexibility index (Phi) is 7.09. The fraction of sp³-hybridized carbons (Fsp3) is 0.235. The maximum absolute atomic E-state index is 12.7. The summed E-state index contributed by atoms with van der Waals surface area (Å²) < 4.78 is 30.6. The van der Waals surface area contributed by atoms with Crippen LogP contribution in [-0.4, -0.2) is 48.1 Å². The van der Waals surface area contributed by atoms with Gasteiger partial charge in [0.05, 0.1) is 5.52 Å². The van der Waals surface area contributed by atoms with Crippen LogP contribution in [0, 0.1) is 24.7 Å². The number of piperidine rings is 1. The highest BCUT2D eigenvalue weighted by Crippen LogP contribution is 2.51. The first-order valence-electron chi connectivity index (χ1n) is 14.4. The van der Waals surface area contributed by atoms with Gasteiger partial charge >= 0.3 is 10.1 Å². The third-order valence-corrected chi connectivity index (χ3v) is 9.88. The Labute approximate surface area is 251 Å². The van der Waals surface area contributed by atoms with Gasteiger partial charge in [0, 0.05) is 37.3 Å². The van der Waals surface area contributed by atoms with Gasteiger partial charge in [-0.3, -0.25) is 4.90 Å². The molecule has 218 valence electrons. The fourth-order valence-electron chi connectivity index (χ4n) is 6.14. The molecule has 1 aliphatic carbocycles. The highest BCUT2D eigenvalue weighted by molar-refractivity contribution is 7.87. The normalized spacial score (nSPS) is 19.7. The number of rotatable bonds is 9. The molecule has 4 aromatic carbocycles. The largest absolute Gasteiger partial charge is 0.396 e. The van der Waals surface area contributed by atoms with E-state index in [9.17, 15) is 13.5 Å². The number of fused-ring (bicyclic) bond motifs is 2. The van der Waals surface area contributed by atoms with Gasteiger partial charge in [-0.05, 0) is 89.9 Å². The lowest BCUT2D eigenvalue weighted by Gasteiger charge is -2.19. The van der Waals surface area contributed by atoms with Crippen molar-refractivity contribution >= 4 is 32.5 Å². The number of hydrogen-bond donors (Lipinski definition) is 2. The van der Waals surface area contributed by atoms with E-state index in [0.717, 1.165) is 52.9 Å². The third-order valence-electron chi connectivity index (χ3n) is 8.62. The zero-order valence-corrected chi connectivity index (χ0v) is 24.5. The van der Waals surface area contributed by atoms with Crippen molar-refractivity contribution in [1.82, 2.24) is 14.9 Å². The zero-order chi connectivity index (χ0) is 29.6. The molecule has 8 nitrogen and oxygen atoms in total. The van der Waals surface area contributed by atoms with Crippen molar-refractivity contribution < 1.29 is 17.7 Å². The second-order valence-electron chi connectivity index (χ2n) is 11.5. The molecule has 2 N–H and O–H groups in total. The van der Waals surface area contributed by atoms with Gasteiger partial charge < -0.3 is 14.6 Å². The summed E-state index contributed by atoms with van der Waals surface area (Å²) in [5, 5.41) is 13.6. The van der Waals surface area contributed by atoms with Gasteiger partial charge in [-0.25, -0.2) is 9.97 Å². The van der Waals surface area contributed by atoms with E-state index in [2.05, 4.69) is 56.6 Å². The van der Waals surface area contributed by atoms with Crippen LogP contribution >= 0.6 is 0 Å². The molecule has 2 atom stereocenters. The lowest BCUT2D eigenvalue weighted by molar-refractivity contribution is 0.217. The number of aliphatic hydroxyl groups excluding tert-OH is 1. The van der Waals surface area contributed by atoms with Gasteiger partial charge in [0.2, 0.25) is 0 Å². The predicted molar refractivity (Wildman–Crippen MR) is 167 cm³/mol. The minimum Gasteiger partial charge on any atom is -0.396 e. The molecule has 2 unspecified atom stereocenters. The van der Waals surface area contributed by atoms with Crippen molar-refractivity contribution in [3.8, 4) is 16.9 Å². The number of aryl methyl sites for hydroxylation is 1. The van der Waals surface area contributed by atoms with E-state index >= 15 is 0 Å². The molecule has 2 heterocycles. The smallest absolute Gasteiger partial charge is 0.339 e. The summed E-state index contributed by atoms with van der Waals surface area (Å²) >= 11 is 0. The molecular formula is C34H32N4O4S. The molecule has 1 saturated heterocycles. The molecule has 7 rings (SSSR count). The SMILES string of the molecule is Cc1ccc(S(=O)(=O)Oc2ccc(Nc3ncnc4ccc(-c5ccc(CN6CC7C(CO)C7C6)cc5)cc34)cc2)cc1. The van der Waals surface area contributed by atoms with Crippen LogP contribution < -0.4 is 9.50 Å². The van der Waals surface area contributed by atoms with E-state index < -0.39 is 10.1 Å². The summed E-state index contributed by atoms with van der Waals surface area (Å²) in [7, 11) is -3.93. The fourth-order valence-corrected chi connectivity index (χ4v) is 7.07. The quantitative estimate of drug-likeness (QED) is 0.208. The molecule has 0 amide bonds. The standard InChI is InChI=1S/C34H32N4O4S/c1-22-2-13-28(14-3-22)43(40,41)42-27-11-9-26(10-12-27)37-34-29-16-25(8-15-33(29)35-21-36-34)24-6-4-23(5-7-24)17-38-18-30-31(19-38)32(30)20-39/h2-16,21,30-32,39H,17-20H2,1H3,(H,35,36,37). The van der Waals surface area contributed by atoms with Gasteiger partial charge in [-0.2, -0.15) is 8.42 Å². The van der Waals surface area contributed by atoms with Crippen LogP contribution in [0.3, 0.4) is 0 Å². The Balaban J connectivity index is 1.05. The number of anilines is 2. The number of nitrogens with zero attached hydrogens (tertiary/aromatic N) is 3. The highest BCUT2D eigenvalue weighted by atomic mass is 32.2. The van der Waals surface area contributed by atoms with Crippen LogP contribution in [0.15, 0.2) is 102 Å². The molecule has 1 saturated carbocycles. The van der Waals surface area contributed by atoms with Crippen LogP contribution in [0.1, 0.15) is 11.1 Å². The summed E-state index contributed by atoms with van der Waals surface area (Å²) in [5.74, 6) is 2.76. The average molecular weight is 593 g/mol. The van der Waals surface area contributed by atoms with Gasteiger partial charge in [0.15, 0.2) is 0 Å². The van der Waals surface area contributed by atoms with E-state index in [1.54, 1.807) is 36.4 Å². The zero-order valence-electron chi connectivity index (χ0n) is 23.7. The minimum atomic E-state index is -3.93. The van der Waals surface area contributed by atoms with E-state index in [4.69, 9.17) is 4.18 Å². The maximum atomic E-state index is 12.7. The lowest BCUT2D eigenvalue weighted by atomic mass is 10.0. The van der Waals surface area contributed by atoms with Crippen LogP contribution in [0.4, 0.5) is 11.5 Å². The molecule has 1 aliphatic heterocycles. The van der Waals surface area contributed by atoms with Crippen molar-refractivity contribution in [2.45, 2.75) is 18.4 Å².